The summed E-state index contributed by atoms with van der Waals surface area (Å²) in [5.41, 5.74) is 8.44. The van der Waals surface area contributed by atoms with E-state index in [9.17, 15) is 9.59 Å². The monoisotopic (exact) mass is 669 g/mol. The van der Waals surface area contributed by atoms with Gasteiger partial charge in [0.05, 0.1) is 39.8 Å². The predicted molar refractivity (Wildman–Crippen MR) is 193 cm³/mol. The summed E-state index contributed by atoms with van der Waals surface area (Å²) < 4.78 is 9.82. The van der Waals surface area contributed by atoms with Gasteiger partial charge in [0.15, 0.2) is 4.80 Å². The number of esters is 1. The van der Waals surface area contributed by atoms with Gasteiger partial charge in [0.25, 0.3) is 5.56 Å². The number of halogens is 1. The van der Waals surface area contributed by atoms with Crippen molar-refractivity contribution < 1.29 is 9.53 Å². The minimum Gasteiger partial charge on any atom is -0.463 e. The standard InChI is InChI=1S/C40H32ClN3O3S/c1-4-47-39(46)35-26(3)42-40-44(37(35)29-17-19-31(41)20-18-29)38(45)34(48-40)24-30-23-33(27-11-7-5-8-12-27)43(32-21-15-25(2)16-22-32)36(30)28-13-9-6-10-14-28/h5-24,37H,4H2,1-3H3/t37-/m1/s1. The van der Waals surface area contributed by atoms with E-state index in [2.05, 4.69) is 66.1 Å². The van der Waals surface area contributed by atoms with E-state index in [1.54, 1.807) is 30.5 Å². The van der Waals surface area contributed by atoms with E-state index in [0.29, 0.717) is 25.6 Å². The van der Waals surface area contributed by atoms with Crippen LogP contribution in [0.4, 0.5) is 0 Å². The third kappa shape index (κ3) is 5.76. The summed E-state index contributed by atoms with van der Waals surface area (Å²) in [7, 11) is 0. The van der Waals surface area contributed by atoms with Gasteiger partial charge in [-0.25, -0.2) is 9.79 Å². The highest BCUT2D eigenvalue weighted by Crippen LogP contribution is 2.37. The Morgan fingerprint density at radius 3 is 2.19 bits per heavy atom. The Bertz CT molecular complexity index is 2350. The van der Waals surface area contributed by atoms with Crippen molar-refractivity contribution in [2.45, 2.75) is 26.8 Å². The highest BCUT2D eigenvalue weighted by Gasteiger charge is 2.33. The van der Waals surface area contributed by atoms with Crippen LogP contribution in [0.25, 0.3) is 34.3 Å². The summed E-state index contributed by atoms with van der Waals surface area (Å²) in [5, 5.41) is 0.560. The van der Waals surface area contributed by atoms with Crippen molar-refractivity contribution in [2.24, 2.45) is 4.99 Å². The number of nitrogens with zero attached hydrogens (tertiary/aromatic N) is 3. The second-order valence-electron chi connectivity index (χ2n) is 11.6. The number of benzene rings is 4. The Morgan fingerprint density at radius 1 is 0.896 bits per heavy atom. The molecule has 0 bridgehead atoms. The average molecular weight is 670 g/mol. The van der Waals surface area contributed by atoms with Crippen LogP contribution in [0.15, 0.2) is 136 Å². The Labute approximate surface area is 287 Å². The minimum atomic E-state index is -0.717. The molecule has 2 aromatic heterocycles. The minimum absolute atomic E-state index is 0.206. The highest BCUT2D eigenvalue weighted by molar-refractivity contribution is 7.07. The zero-order chi connectivity index (χ0) is 33.4. The largest absolute Gasteiger partial charge is 0.463 e. The number of fused-ring (bicyclic) bond motifs is 1. The molecule has 238 valence electrons. The van der Waals surface area contributed by atoms with Crippen LogP contribution in [0.5, 0.6) is 0 Å². The molecule has 0 radical (unpaired) electrons. The lowest BCUT2D eigenvalue weighted by atomic mass is 9.96. The molecule has 1 atom stereocenters. The summed E-state index contributed by atoms with van der Waals surface area (Å²) >= 11 is 7.54. The number of hydrogen-bond acceptors (Lipinski definition) is 5. The van der Waals surface area contributed by atoms with Crippen LogP contribution in [0.2, 0.25) is 5.02 Å². The number of hydrogen-bond donors (Lipinski definition) is 0. The van der Waals surface area contributed by atoms with Crippen molar-refractivity contribution in [1.29, 1.82) is 0 Å². The molecule has 6 nitrogen and oxygen atoms in total. The molecule has 3 heterocycles. The lowest BCUT2D eigenvalue weighted by molar-refractivity contribution is -0.139. The van der Waals surface area contributed by atoms with E-state index in [4.69, 9.17) is 21.3 Å². The molecule has 0 unspecified atom stereocenters. The van der Waals surface area contributed by atoms with Crippen LogP contribution in [-0.2, 0) is 9.53 Å². The van der Waals surface area contributed by atoms with Gasteiger partial charge >= 0.3 is 5.97 Å². The molecule has 0 spiro atoms. The van der Waals surface area contributed by atoms with E-state index >= 15 is 0 Å². The molecule has 1 aliphatic heterocycles. The Kier molecular flexibility index (Phi) is 8.56. The maximum absolute atomic E-state index is 14.5. The molecule has 0 fully saturated rings. The summed E-state index contributed by atoms with van der Waals surface area (Å²) in [6, 6.07) is 37.5. The fourth-order valence-electron chi connectivity index (χ4n) is 6.21. The molecule has 0 amide bonds. The SMILES string of the molecule is CCOC(=O)C1=C(C)N=c2sc(=Cc3cc(-c4ccccc4)n(-c4ccc(C)cc4)c3-c3ccccc3)c(=O)n2[C@@H]1c1ccc(Cl)cc1. The molecule has 7 rings (SSSR count). The number of carbonyl (C=O) groups excluding carboxylic acids is 1. The van der Waals surface area contributed by atoms with Crippen LogP contribution >= 0.6 is 22.9 Å². The van der Waals surface area contributed by atoms with Crippen molar-refractivity contribution in [2.75, 3.05) is 6.61 Å². The molecule has 8 heteroatoms. The van der Waals surface area contributed by atoms with Crippen molar-refractivity contribution in [3.8, 4) is 28.2 Å². The number of thiazole rings is 1. The topological polar surface area (TPSA) is 65.6 Å². The second kappa shape index (κ2) is 13.1. The van der Waals surface area contributed by atoms with Gasteiger partial charge in [-0.2, -0.15) is 0 Å². The molecule has 0 saturated heterocycles. The molecule has 4 aromatic carbocycles. The zero-order valence-electron chi connectivity index (χ0n) is 26.7. The van der Waals surface area contributed by atoms with E-state index in [1.165, 1.54) is 16.9 Å². The molecule has 6 aromatic rings. The first kappa shape index (κ1) is 31.4. The first-order valence-corrected chi connectivity index (χ1v) is 16.9. The number of rotatable bonds is 7. The van der Waals surface area contributed by atoms with E-state index in [0.717, 1.165) is 39.3 Å². The van der Waals surface area contributed by atoms with Gasteiger partial charge in [-0.15, -0.1) is 0 Å². The zero-order valence-corrected chi connectivity index (χ0v) is 28.3. The van der Waals surface area contributed by atoms with Crippen LogP contribution in [0.1, 0.15) is 36.6 Å². The van der Waals surface area contributed by atoms with Gasteiger partial charge in [-0.05, 0) is 73.9 Å². The van der Waals surface area contributed by atoms with Gasteiger partial charge in [-0.1, -0.05) is 113 Å². The van der Waals surface area contributed by atoms with Crippen LogP contribution in [-0.4, -0.2) is 21.7 Å². The number of carbonyl (C=O) groups is 1. The summed E-state index contributed by atoms with van der Waals surface area (Å²) in [6.45, 7) is 5.83. The third-order valence-electron chi connectivity index (χ3n) is 8.43. The van der Waals surface area contributed by atoms with E-state index in [1.807, 2.05) is 54.6 Å². The van der Waals surface area contributed by atoms with E-state index < -0.39 is 12.0 Å². The average Bonchev–Trinajstić information content (AvgIpc) is 3.62. The molecule has 0 saturated carbocycles. The number of allylic oxidation sites excluding steroid dienone is 1. The number of aromatic nitrogens is 2. The Morgan fingerprint density at radius 2 is 1.54 bits per heavy atom. The normalized spacial score (nSPS) is 14.5. The van der Waals surface area contributed by atoms with Gasteiger partial charge in [0, 0.05) is 16.3 Å². The predicted octanol–water partition coefficient (Wildman–Crippen LogP) is 7.88. The number of aryl methyl sites for hydroxylation is 1. The van der Waals surface area contributed by atoms with Crippen molar-refractivity contribution in [3.05, 3.63) is 168 Å². The lowest BCUT2D eigenvalue weighted by Gasteiger charge is -2.24. The summed E-state index contributed by atoms with van der Waals surface area (Å²) in [4.78, 5) is 33.1. The first-order valence-electron chi connectivity index (χ1n) is 15.7. The Balaban J connectivity index is 1.51. The quantitative estimate of drug-likeness (QED) is 0.163. The molecular weight excluding hydrogens is 638 g/mol. The molecule has 48 heavy (non-hydrogen) atoms. The summed E-state index contributed by atoms with van der Waals surface area (Å²) in [5.74, 6) is -0.498. The Hall–Kier alpha value is -5.24. The number of ether oxygens (including phenoxy) is 1. The van der Waals surface area contributed by atoms with Crippen molar-refractivity contribution in [1.82, 2.24) is 9.13 Å². The van der Waals surface area contributed by atoms with Gasteiger partial charge < -0.3 is 9.30 Å². The van der Waals surface area contributed by atoms with Crippen LogP contribution in [0.3, 0.4) is 0 Å². The summed E-state index contributed by atoms with van der Waals surface area (Å²) in [6.07, 6.45) is 1.95. The second-order valence-corrected chi connectivity index (χ2v) is 13.0. The smallest absolute Gasteiger partial charge is 0.338 e. The molecule has 0 aliphatic carbocycles. The molecular formula is C40H32ClN3O3S. The lowest BCUT2D eigenvalue weighted by Crippen LogP contribution is -2.39. The molecule has 1 aliphatic rings. The van der Waals surface area contributed by atoms with Gasteiger partial charge in [0.2, 0.25) is 0 Å². The van der Waals surface area contributed by atoms with Gasteiger partial charge in [-0.3, -0.25) is 9.36 Å². The first-order chi connectivity index (χ1) is 23.3. The fourth-order valence-corrected chi connectivity index (χ4v) is 7.37. The fraction of sp³-hybridized carbons (Fsp3) is 0.125. The third-order valence-corrected chi connectivity index (χ3v) is 9.66. The van der Waals surface area contributed by atoms with E-state index in [-0.39, 0.29) is 12.2 Å². The highest BCUT2D eigenvalue weighted by atomic mass is 35.5. The van der Waals surface area contributed by atoms with Gasteiger partial charge in [0.1, 0.15) is 0 Å². The van der Waals surface area contributed by atoms with Crippen LogP contribution in [0, 0.1) is 6.92 Å². The molecule has 0 N–H and O–H groups in total. The maximum atomic E-state index is 14.5. The maximum Gasteiger partial charge on any atom is 0.338 e. The van der Waals surface area contributed by atoms with Crippen LogP contribution < -0.4 is 14.9 Å². The van der Waals surface area contributed by atoms with Crippen molar-refractivity contribution >= 4 is 35.0 Å². The van der Waals surface area contributed by atoms with Crippen molar-refractivity contribution in [3.63, 3.8) is 0 Å².